The molecular weight excluding hydrogens is 342 g/mol. The molecule has 0 saturated carbocycles. The Kier molecular flexibility index (Phi) is 5.61. The second-order valence-corrected chi connectivity index (χ2v) is 5.81. The SMILES string of the molecule is CCc1cccc(CC)c1NC(=O)c1cc(OC)ccc1Br. The minimum atomic E-state index is -0.138. The molecule has 0 aromatic heterocycles. The van der Waals surface area contributed by atoms with Crippen molar-refractivity contribution in [3.8, 4) is 5.75 Å². The Morgan fingerprint density at radius 1 is 1.14 bits per heavy atom. The first-order chi connectivity index (χ1) is 10.6. The van der Waals surface area contributed by atoms with Crippen molar-refractivity contribution in [3.05, 3.63) is 57.6 Å². The van der Waals surface area contributed by atoms with E-state index in [0.29, 0.717) is 11.3 Å². The number of nitrogens with one attached hydrogen (secondary N) is 1. The van der Waals surface area contributed by atoms with Crippen LogP contribution in [0.4, 0.5) is 5.69 Å². The molecule has 116 valence electrons. The second-order valence-electron chi connectivity index (χ2n) is 4.96. The summed E-state index contributed by atoms with van der Waals surface area (Å²) in [5.74, 6) is 0.522. The number of hydrogen-bond donors (Lipinski definition) is 1. The molecule has 0 radical (unpaired) electrons. The molecule has 0 fully saturated rings. The number of benzene rings is 2. The average Bonchev–Trinajstić information content (AvgIpc) is 2.55. The van der Waals surface area contributed by atoms with E-state index in [9.17, 15) is 4.79 Å². The fraction of sp³-hybridized carbons (Fsp3) is 0.278. The van der Waals surface area contributed by atoms with Gasteiger partial charge in [0.25, 0.3) is 5.91 Å². The minimum Gasteiger partial charge on any atom is -0.497 e. The Balaban J connectivity index is 2.37. The molecule has 1 amide bonds. The number of carbonyl (C=O) groups is 1. The van der Waals surface area contributed by atoms with E-state index >= 15 is 0 Å². The highest BCUT2D eigenvalue weighted by Crippen LogP contribution is 2.26. The molecule has 0 saturated heterocycles. The molecule has 0 bridgehead atoms. The maximum absolute atomic E-state index is 12.6. The molecule has 0 aliphatic heterocycles. The summed E-state index contributed by atoms with van der Waals surface area (Å²) in [6, 6.07) is 11.5. The number of halogens is 1. The molecule has 1 N–H and O–H groups in total. The molecule has 2 aromatic rings. The molecule has 0 heterocycles. The van der Waals surface area contributed by atoms with Gasteiger partial charge in [-0.05, 0) is 58.1 Å². The van der Waals surface area contributed by atoms with E-state index in [1.807, 2.05) is 18.2 Å². The smallest absolute Gasteiger partial charge is 0.256 e. The van der Waals surface area contributed by atoms with Crippen LogP contribution in [0.1, 0.15) is 35.3 Å². The van der Waals surface area contributed by atoms with Crippen LogP contribution in [0.15, 0.2) is 40.9 Å². The molecule has 0 aliphatic carbocycles. The number of anilines is 1. The van der Waals surface area contributed by atoms with Crippen LogP contribution in [-0.2, 0) is 12.8 Å². The van der Waals surface area contributed by atoms with Gasteiger partial charge >= 0.3 is 0 Å². The molecule has 2 rings (SSSR count). The van der Waals surface area contributed by atoms with Gasteiger partial charge in [0.15, 0.2) is 0 Å². The van der Waals surface area contributed by atoms with Gasteiger partial charge in [-0.3, -0.25) is 4.79 Å². The number of carbonyl (C=O) groups excluding carboxylic acids is 1. The van der Waals surface area contributed by atoms with Crippen molar-refractivity contribution in [2.24, 2.45) is 0 Å². The van der Waals surface area contributed by atoms with Gasteiger partial charge in [0, 0.05) is 10.2 Å². The summed E-state index contributed by atoms with van der Waals surface area (Å²) in [7, 11) is 1.59. The fourth-order valence-electron chi connectivity index (χ4n) is 2.39. The molecular formula is C18H20BrNO2. The van der Waals surface area contributed by atoms with E-state index in [0.717, 1.165) is 34.1 Å². The Labute approximate surface area is 139 Å². The first kappa shape index (κ1) is 16.6. The third kappa shape index (κ3) is 3.50. The zero-order chi connectivity index (χ0) is 16.1. The molecule has 0 atom stereocenters. The van der Waals surface area contributed by atoms with Crippen LogP contribution in [0.3, 0.4) is 0 Å². The van der Waals surface area contributed by atoms with Gasteiger partial charge in [-0.2, -0.15) is 0 Å². The van der Waals surface area contributed by atoms with Crippen LogP contribution < -0.4 is 10.1 Å². The Hall–Kier alpha value is -1.81. The summed E-state index contributed by atoms with van der Waals surface area (Å²) in [6.45, 7) is 4.18. The predicted molar refractivity (Wildman–Crippen MR) is 93.8 cm³/mol. The van der Waals surface area contributed by atoms with Crippen LogP contribution >= 0.6 is 15.9 Å². The molecule has 4 heteroatoms. The standard InChI is InChI=1S/C18H20BrNO2/c1-4-12-7-6-8-13(5-2)17(12)20-18(21)15-11-14(22-3)9-10-16(15)19/h6-11H,4-5H2,1-3H3,(H,20,21). The third-order valence-electron chi connectivity index (χ3n) is 3.66. The van der Waals surface area contributed by atoms with Gasteiger partial charge in [-0.25, -0.2) is 0 Å². The highest BCUT2D eigenvalue weighted by atomic mass is 79.9. The topological polar surface area (TPSA) is 38.3 Å². The largest absolute Gasteiger partial charge is 0.497 e. The van der Waals surface area contributed by atoms with E-state index in [1.54, 1.807) is 13.2 Å². The van der Waals surface area contributed by atoms with Crippen molar-refractivity contribution in [2.45, 2.75) is 26.7 Å². The summed E-state index contributed by atoms with van der Waals surface area (Å²) in [5.41, 5.74) is 3.78. The quantitative estimate of drug-likeness (QED) is 0.827. The summed E-state index contributed by atoms with van der Waals surface area (Å²) in [6.07, 6.45) is 1.76. The van der Waals surface area contributed by atoms with Crippen molar-refractivity contribution in [1.82, 2.24) is 0 Å². The number of para-hydroxylation sites is 1. The van der Waals surface area contributed by atoms with Crippen LogP contribution in [0, 0.1) is 0 Å². The first-order valence-electron chi connectivity index (χ1n) is 7.36. The van der Waals surface area contributed by atoms with Gasteiger partial charge < -0.3 is 10.1 Å². The lowest BCUT2D eigenvalue weighted by molar-refractivity contribution is 0.102. The van der Waals surface area contributed by atoms with Gasteiger partial charge in [-0.1, -0.05) is 32.0 Å². The van der Waals surface area contributed by atoms with Crippen molar-refractivity contribution in [1.29, 1.82) is 0 Å². The average molecular weight is 362 g/mol. The van der Waals surface area contributed by atoms with E-state index < -0.39 is 0 Å². The van der Waals surface area contributed by atoms with Crippen LogP contribution in [-0.4, -0.2) is 13.0 Å². The van der Waals surface area contributed by atoms with E-state index in [1.165, 1.54) is 0 Å². The van der Waals surface area contributed by atoms with Crippen molar-refractivity contribution < 1.29 is 9.53 Å². The van der Waals surface area contributed by atoms with Gasteiger partial charge in [0.1, 0.15) is 5.75 Å². The molecule has 0 aliphatic rings. The molecule has 2 aromatic carbocycles. The second kappa shape index (κ2) is 7.45. The van der Waals surface area contributed by atoms with E-state index in [4.69, 9.17) is 4.74 Å². The summed E-state index contributed by atoms with van der Waals surface area (Å²) in [4.78, 5) is 12.6. The summed E-state index contributed by atoms with van der Waals surface area (Å²) >= 11 is 3.43. The lowest BCUT2D eigenvalue weighted by Crippen LogP contribution is -2.15. The third-order valence-corrected chi connectivity index (χ3v) is 4.35. The molecule has 0 unspecified atom stereocenters. The number of rotatable bonds is 5. The predicted octanol–water partition coefficient (Wildman–Crippen LogP) is 4.83. The van der Waals surface area contributed by atoms with Gasteiger partial charge in [0.2, 0.25) is 0 Å². The Morgan fingerprint density at radius 3 is 2.32 bits per heavy atom. The maximum atomic E-state index is 12.6. The summed E-state index contributed by atoms with van der Waals surface area (Å²) < 4.78 is 5.95. The van der Waals surface area contributed by atoms with Crippen molar-refractivity contribution in [2.75, 3.05) is 12.4 Å². The highest BCUT2D eigenvalue weighted by molar-refractivity contribution is 9.10. The van der Waals surface area contributed by atoms with Gasteiger partial charge in [-0.15, -0.1) is 0 Å². The summed E-state index contributed by atoms with van der Waals surface area (Å²) in [5, 5.41) is 3.06. The van der Waals surface area contributed by atoms with Crippen LogP contribution in [0.25, 0.3) is 0 Å². The van der Waals surface area contributed by atoms with Crippen LogP contribution in [0.2, 0.25) is 0 Å². The minimum absolute atomic E-state index is 0.138. The monoisotopic (exact) mass is 361 g/mol. The van der Waals surface area contributed by atoms with Crippen molar-refractivity contribution in [3.63, 3.8) is 0 Å². The number of amides is 1. The molecule has 3 nitrogen and oxygen atoms in total. The van der Waals surface area contributed by atoms with Crippen LogP contribution in [0.5, 0.6) is 5.75 Å². The first-order valence-corrected chi connectivity index (χ1v) is 8.15. The lowest BCUT2D eigenvalue weighted by Gasteiger charge is -2.15. The number of ether oxygens (including phenoxy) is 1. The maximum Gasteiger partial charge on any atom is 0.256 e. The van der Waals surface area contributed by atoms with Crippen molar-refractivity contribution >= 4 is 27.5 Å². The Bertz CT molecular complexity index is 661. The number of hydrogen-bond acceptors (Lipinski definition) is 2. The zero-order valence-corrected chi connectivity index (χ0v) is 14.7. The fourth-order valence-corrected chi connectivity index (χ4v) is 2.82. The zero-order valence-electron chi connectivity index (χ0n) is 13.1. The normalized spacial score (nSPS) is 10.4. The number of aryl methyl sites for hydroxylation is 2. The lowest BCUT2D eigenvalue weighted by atomic mass is 10.0. The van der Waals surface area contributed by atoms with E-state index in [2.05, 4.69) is 47.2 Å². The van der Waals surface area contributed by atoms with E-state index in [-0.39, 0.29) is 5.91 Å². The van der Waals surface area contributed by atoms with Gasteiger partial charge in [0.05, 0.1) is 12.7 Å². The molecule has 22 heavy (non-hydrogen) atoms. The molecule has 0 spiro atoms. The number of methoxy groups -OCH3 is 1. The Morgan fingerprint density at radius 2 is 1.77 bits per heavy atom. The highest BCUT2D eigenvalue weighted by Gasteiger charge is 2.15.